The summed E-state index contributed by atoms with van der Waals surface area (Å²) >= 11 is 0. The molecule has 1 aliphatic rings. The van der Waals surface area contributed by atoms with Crippen molar-refractivity contribution < 1.29 is 18.1 Å². The molecule has 0 atom stereocenters. The molecule has 2 rings (SSSR count). The molecule has 0 aliphatic heterocycles. The van der Waals surface area contributed by atoms with Crippen LogP contribution in [0, 0.1) is 10.1 Å². The molecule has 10 heteroatoms. The summed E-state index contributed by atoms with van der Waals surface area (Å²) in [6, 6.07) is 2.18. The molecule has 0 aromatic heterocycles. The van der Waals surface area contributed by atoms with Gasteiger partial charge in [-0.25, -0.2) is 8.42 Å². The lowest BCUT2D eigenvalue weighted by Crippen LogP contribution is -2.26. The Morgan fingerprint density at radius 3 is 2.38 bits per heavy atom. The molecule has 1 fully saturated rings. The zero-order valence-corrected chi connectivity index (χ0v) is 15.3. The van der Waals surface area contributed by atoms with Crippen LogP contribution >= 0.6 is 0 Å². The average Bonchev–Trinajstić information content (AvgIpc) is 2.60. The number of sulfone groups is 1. The Labute approximate surface area is 151 Å². The highest BCUT2D eigenvalue weighted by Gasteiger charge is 2.35. The number of benzene rings is 1. The van der Waals surface area contributed by atoms with E-state index >= 15 is 0 Å². The van der Waals surface area contributed by atoms with Gasteiger partial charge in [-0.15, -0.1) is 0 Å². The van der Waals surface area contributed by atoms with Crippen LogP contribution in [-0.2, 0) is 16.3 Å². The quantitative estimate of drug-likeness (QED) is 0.339. The summed E-state index contributed by atoms with van der Waals surface area (Å²) in [6.45, 7) is 1.71. The number of aliphatic imine (C=N–C) groups is 1. The second kappa shape index (κ2) is 7.81. The number of nitro benzene ring substituents is 1. The number of amides is 1. The van der Waals surface area contributed by atoms with Crippen LogP contribution in [0.1, 0.15) is 54.9 Å². The van der Waals surface area contributed by atoms with Gasteiger partial charge in [-0.3, -0.25) is 14.9 Å². The van der Waals surface area contributed by atoms with Crippen molar-refractivity contribution in [3.63, 3.8) is 0 Å². The van der Waals surface area contributed by atoms with E-state index in [-0.39, 0.29) is 10.5 Å². The number of hydrogen-bond acceptors (Lipinski definition) is 5. The van der Waals surface area contributed by atoms with Gasteiger partial charge in [0.25, 0.3) is 11.6 Å². The zero-order valence-electron chi connectivity index (χ0n) is 14.5. The molecule has 0 bridgehead atoms. The molecule has 1 aliphatic carbocycles. The highest BCUT2D eigenvalue weighted by Crippen LogP contribution is 2.35. The third-order valence-electron chi connectivity index (χ3n) is 4.52. The number of guanidine groups is 1. The molecular formula is C16H22N4O5S. The number of hydrogen-bond donors (Lipinski definition) is 2. The fraction of sp³-hybridized carbons (Fsp3) is 0.500. The molecular weight excluding hydrogens is 360 g/mol. The van der Waals surface area contributed by atoms with Gasteiger partial charge < -0.3 is 11.5 Å². The van der Waals surface area contributed by atoms with Crippen LogP contribution in [0.3, 0.4) is 0 Å². The Balaban J connectivity index is 2.65. The predicted molar refractivity (Wildman–Crippen MR) is 96.7 cm³/mol. The molecule has 1 aromatic rings. The maximum atomic E-state index is 13.0. The van der Waals surface area contributed by atoms with Crippen molar-refractivity contribution in [2.75, 3.05) is 0 Å². The van der Waals surface area contributed by atoms with Crippen LogP contribution in [0.15, 0.2) is 22.0 Å². The molecule has 0 spiro atoms. The summed E-state index contributed by atoms with van der Waals surface area (Å²) < 4.78 is 26.0. The van der Waals surface area contributed by atoms with Crippen LogP contribution in [0.4, 0.5) is 5.69 Å². The fourth-order valence-corrected chi connectivity index (χ4v) is 5.25. The summed E-state index contributed by atoms with van der Waals surface area (Å²) in [6.07, 6.45) is 3.77. The van der Waals surface area contributed by atoms with Gasteiger partial charge >= 0.3 is 0 Å². The molecule has 4 N–H and O–H groups in total. The van der Waals surface area contributed by atoms with Crippen molar-refractivity contribution in [1.29, 1.82) is 0 Å². The van der Waals surface area contributed by atoms with Gasteiger partial charge in [-0.05, 0) is 30.9 Å². The number of carbonyl (C=O) groups excluding carboxylic acids is 1. The first-order chi connectivity index (χ1) is 12.2. The van der Waals surface area contributed by atoms with Gasteiger partial charge in [0, 0.05) is 6.07 Å². The van der Waals surface area contributed by atoms with Crippen molar-refractivity contribution in [1.82, 2.24) is 0 Å². The lowest BCUT2D eigenvalue weighted by atomic mass is 10.0. The van der Waals surface area contributed by atoms with Crippen molar-refractivity contribution in [3.05, 3.63) is 33.4 Å². The molecule has 142 valence electrons. The van der Waals surface area contributed by atoms with E-state index in [0.717, 1.165) is 25.3 Å². The minimum atomic E-state index is -3.87. The van der Waals surface area contributed by atoms with Crippen molar-refractivity contribution in [2.24, 2.45) is 16.5 Å². The molecule has 26 heavy (non-hydrogen) atoms. The first kappa shape index (κ1) is 19.8. The lowest BCUT2D eigenvalue weighted by molar-refractivity contribution is -0.387. The van der Waals surface area contributed by atoms with E-state index < -0.39 is 37.6 Å². The largest absolute Gasteiger partial charge is 0.370 e. The second-order valence-electron chi connectivity index (χ2n) is 6.23. The first-order valence-corrected chi connectivity index (χ1v) is 9.92. The van der Waals surface area contributed by atoms with Crippen LogP contribution in [0.25, 0.3) is 0 Å². The van der Waals surface area contributed by atoms with Crippen LogP contribution in [0.5, 0.6) is 0 Å². The van der Waals surface area contributed by atoms with Crippen LogP contribution < -0.4 is 11.5 Å². The first-order valence-electron chi connectivity index (χ1n) is 8.37. The Morgan fingerprint density at radius 2 is 1.88 bits per heavy atom. The van der Waals surface area contributed by atoms with Gasteiger partial charge in [0.05, 0.1) is 15.7 Å². The smallest absolute Gasteiger partial charge is 0.288 e. The molecule has 0 unspecified atom stereocenters. The third kappa shape index (κ3) is 4.01. The van der Waals surface area contributed by atoms with Crippen LogP contribution in [-0.4, -0.2) is 30.5 Å². The number of nitrogens with two attached hydrogens (primary N) is 2. The van der Waals surface area contributed by atoms with E-state index in [9.17, 15) is 23.3 Å². The lowest BCUT2D eigenvalue weighted by Gasteiger charge is -2.22. The minimum absolute atomic E-state index is 0.0739. The Bertz CT molecular complexity index is 854. The summed E-state index contributed by atoms with van der Waals surface area (Å²) in [7, 11) is -3.87. The number of nitrogens with zero attached hydrogens (tertiary/aromatic N) is 2. The molecule has 1 amide bonds. The maximum absolute atomic E-state index is 13.0. The van der Waals surface area contributed by atoms with Crippen molar-refractivity contribution in [2.45, 2.75) is 55.6 Å². The summed E-state index contributed by atoms with van der Waals surface area (Å²) in [5.41, 5.74) is 10.0. The Kier molecular flexibility index (Phi) is 5.96. The van der Waals surface area contributed by atoms with E-state index in [1.807, 2.05) is 0 Å². The third-order valence-corrected chi connectivity index (χ3v) is 6.81. The molecule has 0 radical (unpaired) electrons. The van der Waals surface area contributed by atoms with Gasteiger partial charge in [0.15, 0.2) is 15.8 Å². The summed E-state index contributed by atoms with van der Waals surface area (Å²) in [4.78, 5) is 25.9. The van der Waals surface area contributed by atoms with Gasteiger partial charge in [-0.1, -0.05) is 26.2 Å². The highest BCUT2D eigenvalue weighted by atomic mass is 32.2. The minimum Gasteiger partial charge on any atom is -0.370 e. The maximum Gasteiger partial charge on any atom is 0.288 e. The number of rotatable bonds is 5. The average molecular weight is 382 g/mol. The summed E-state index contributed by atoms with van der Waals surface area (Å²) in [5, 5.41) is 10.9. The van der Waals surface area contributed by atoms with E-state index in [2.05, 4.69) is 4.99 Å². The molecule has 1 aromatic carbocycles. The van der Waals surface area contributed by atoms with E-state index in [4.69, 9.17) is 11.5 Å². The molecule has 9 nitrogen and oxygen atoms in total. The number of nitro groups is 1. The van der Waals surface area contributed by atoms with Crippen molar-refractivity contribution >= 4 is 27.4 Å². The van der Waals surface area contributed by atoms with E-state index in [1.165, 1.54) is 6.07 Å². The van der Waals surface area contributed by atoms with Crippen LogP contribution in [0.2, 0.25) is 0 Å². The van der Waals surface area contributed by atoms with Crippen molar-refractivity contribution in [3.8, 4) is 0 Å². The van der Waals surface area contributed by atoms with Gasteiger partial charge in [0.2, 0.25) is 0 Å². The fourth-order valence-electron chi connectivity index (χ4n) is 3.21. The monoisotopic (exact) mass is 382 g/mol. The summed E-state index contributed by atoms with van der Waals surface area (Å²) in [5.74, 6) is -1.31. The zero-order chi connectivity index (χ0) is 19.5. The van der Waals surface area contributed by atoms with Gasteiger partial charge in [-0.2, -0.15) is 4.99 Å². The Morgan fingerprint density at radius 1 is 1.27 bits per heavy atom. The molecule has 1 saturated carbocycles. The molecule has 0 saturated heterocycles. The second-order valence-corrected chi connectivity index (χ2v) is 8.43. The van der Waals surface area contributed by atoms with E-state index in [0.29, 0.717) is 24.8 Å². The SMILES string of the molecule is CCc1cc(S(=O)(=O)C2CCCCC2)c([N+](=O)[O-])cc1C(=O)N=C(N)N. The molecule has 0 heterocycles. The Hall–Kier alpha value is -2.49. The highest BCUT2D eigenvalue weighted by molar-refractivity contribution is 7.92. The standard InChI is InChI=1S/C16H22N4O5S/c1-2-10-8-14(26(24,25)11-6-4-3-5-7-11)13(20(22)23)9-12(10)15(21)19-16(17)18/h8-9,11H,2-7H2,1H3,(H4,17,18,19,21). The normalized spacial score (nSPS) is 15.4. The number of carbonyl (C=O) groups is 1. The topological polar surface area (TPSA) is 159 Å². The predicted octanol–water partition coefficient (Wildman–Crippen LogP) is 1.68. The van der Waals surface area contributed by atoms with E-state index in [1.54, 1.807) is 6.92 Å². The van der Waals surface area contributed by atoms with Gasteiger partial charge in [0.1, 0.15) is 4.90 Å². The number of aryl methyl sites for hydroxylation is 1.